The highest BCUT2D eigenvalue weighted by Crippen LogP contribution is 2.18. The fourth-order valence-electron chi connectivity index (χ4n) is 2.20. The molecule has 0 aromatic carbocycles. The second-order valence-corrected chi connectivity index (χ2v) is 4.91. The predicted molar refractivity (Wildman–Crippen MR) is 66.9 cm³/mol. The second-order valence-electron chi connectivity index (χ2n) is 4.52. The summed E-state index contributed by atoms with van der Waals surface area (Å²) >= 11 is 5.71. The molecule has 0 unspecified atom stereocenters. The normalized spacial score (nSPS) is 18.5. The van der Waals surface area contributed by atoms with E-state index in [-0.39, 0.29) is 0 Å². The van der Waals surface area contributed by atoms with Crippen LogP contribution in [-0.2, 0) is 11.3 Å². The molecule has 94 valence electrons. The molecule has 1 aliphatic rings. The summed E-state index contributed by atoms with van der Waals surface area (Å²) in [7, 11) is 1.77. The molecule has 4 nitrogen and oxygen atoms in total. The first-order chi connectivity index (χ1) is 8.28. The van der Waals surface area contributed by atoms with E-state index < -0.39 is 0 Å². The molecule has 1 saturated heterocycles. The fraction of sp³-hybridized carbons (Fsp3) is 0.667. The first-order valence-corrected chi connectivity index (χ1v) is 6.35. The molecule has 0 aliphatic carbocycles. The van der Waals surface area contributed by atoms with E-state index in [0.717, 1.165) is 31.9 Å². The fourth-order valence-corrected chi connectivity index (χ4v) is 2.30. The van der Waals surface area contributed by atoms with E-state index in [0.29, 0.717) is 11.1 Å². The lowest BCUT2D eigenvalue weighted by atomic mass is 9.98. The highest BCUT2D eigenvalue weighted by molar-refractivity contribution is 6.29. The van der Waals surface area contributed by atoms with Crippen molar-refractivity contribution in [3.63, 3.8) is 0 Å². The molecule has 1 aromatic heterocycles. The Balaban J connectivity index is 1.79. The zero-order valence-electron chi connectivity index (χ0n) is 10.1. The lowest BCUT2D eigenvalue weighted by Gasteiger charge is -2.31. The number of nitrogens with zero attached hydrogens (tertiary/aromatic N) is 3. The maximum Gasteiger partial charge on any atom is 0.151 e. The van der Waals surface area contributed by atoms with E-state index in [1.54, 1.807) is 13.2 Å². The number of aromatic nitrogens is 2. The largest absolute Gasteiger partial charge is 0.384 e. The molecule has 1 aliphatic heterocycles. The zero-order chi connectivity index (χ0) is 12.1. The minimum absolute atomic E-state index is 0.451. The molecule has 2 rings (SSSR count). The number of ether oxygens (including phenoxy) is 1. The number of likely N-dealkylation sites (tertiary alicyclic amines) is 1. The van der Waals surface area contributed by atoms with Gasteiger partial charge in [0, 0.05) is 20.3 Å². The Morgan fingerprint density at radius 3 is 2.71 bits per heavy atom. The average Bonchev–Trinajstić information content (AvgIpc) is 2.35. The van der Waals surface area contributed by atoms with Crippen LogP contribution in [0.2, 0.25) is 5.15 Å². The number of halogens is 1. The molecule has 2 heterocycles. The highest BCUT2D eigenvalue weighted by atomic mass is 35.5. The SMILES string of the molecule is COCC1CCN(Cc2ccc(Cl)nn2)CC1. The first kappa shape index (κ1) is 12.7. The summed E-state index contributed by atoms with van der Waals surface area (Å²) in [6.07, 6.45) is 2.41. The van der Waals surface area contributed by atoms with Crippen LogP contribution in [-0.4, -0.2) is 41.9 Å². The van der Waals surface area contributed by atoms with Crippen molar-refractivity contribution in [3.05, 3.63) is 23.0 Å². The van der Waals surface area contributed by atoms with Crippen LogP contribution in [0.25, 0.3) is 0 Å². The third-order valence-corrected chi connectivity index (χ3v) is 3.38. The molecule has 0 amide bonds. The zero-order valence-corrected chi connectivity index (χ0v) is 10.9. The smallest absolute Gasteiger partial charge is 0.151 e. The first-order valence-electron chi connectivity index (χ1n) is 5.97. The van der Waals surface area contributed by atoms with Gasteiger partial charge in [-0.1, -0.05) is 11.6 Å². The van der Waals surface area contributed by atoms with Crippen LogP contribution in [0.3, 0.4) is 0 Å². The van der Waals surface area contributed by atoms with Crippen molar-refractivity contribution in [2.24, 2.45) is 5.92 Å². The van der Waals surface area contributed by atoms with Crippen LogP contribution in [0.1, 0.15) is 18.5 Å². The van der Waals surface area contributed by atoms with Crippen LogP contribution in [0.5, 0.6) is 0 Å². The van der Waals surface area contributed by atoms with E-state index in [4.69, 9.17) is 16.3 Å². The van der Waals surface area contributed by atoms with Gasteiger partial charge in [-0.25, -0.2) is 0 Å². The molecular weight excluding hydrogens is 238 g/mol. The molecule has 17 heavy (non-hydrogen) atoms. The summed E-state index contributed by atoms with van der Waals surface area (Å²) in [5.41, 5.74) is 0.986. The third kappa shape index (κ3) is 3.91. The quantitative estimate of drug-likeness (QED) is 0.825. The van der Waals surface area contributed by atoms with E-state index in [9.17, 15) is 0 Å². The molecule has 0 spiro atoms. The van der Waals surface area contributed by atoms with Gasteiger partial charge >= 0.3 is 0 Å². The van der Waals surface area contributed by atoms with E-state index in [1.807, 2.05) is 6.07 Å². The molecule has 0 radical (unpaired) electrons. The Bertz CT molecular complexity index is 336. The number of hydrogen-bond acceptors (Lipinski definition) is 4. The second kappa shape index (κ2) is 6.28. The molecule has 1 fully saturated rings. The third-order valence-electron chi connectivity index (χ3n) is 3.18. The summed E-state index contributed by atoms with van der Waals surface area (Å²) in [5.74, 6) is 0.715. The Hall–Kier alpha value is -0.710. The number of piperidine rings is 1. The Morgan fingerprint density at radius 1 is 1.35 bits per heavy atom. The van der Waals surface area contributed by atoms with Gasteiger partial charge in [-0.05, 0) is 44.0 Å². The van der Waals surface area contributed by atoms with Gasteiger partial charge in [0.05, 0.1) is 5.69 Å². The van der Waals surface area contributed by atoms with Crippen molar-refractivity contribution in [2.45, 2.75) is 19.4 Å². The molecule has 0 bridgehead atoms. The number of rotatable bonds is 4. The summed E-state index contributed by atoms with van der Waals surface area (Å²) in [6.45, 7) is 3.97. The van der Waals surface area contributed by atoms with Crippen LogP contribution in [0, 0.1) is 5.92 Å². The van der Waals surface area contributed by atoms with Gasteiger partial charge < -0.3 is 4.74 Å². The van der Waals surface area contributed by atoms with E-state index >= 15 is 0 Å². The molecular formula is C12H18ClN3O. The minimum Gasteiger partial charge on any atom is -0.384 e. The Labute approximate surface area is 107 Å². The van der Waals surface area contributed by atoms with E-state index in [1.165, 1.54) is 12.8 Å². The van der Waals surface area contributed by atoms with Crippen molar-refractivity contribution >= 4 is 11.6 Å². The van der Waals surface area contributed by atoms with Gasteiger partial charge in [-0.3, -0.25) is 4.90 Å². The van der Waals surface area contributed by atoms with Crippen molar-refractivity contribution in [3.8, 4) is 0 Å². The van der Waals surface area contributed by atoms with Crippen molar-refractivity contribution < 1.29 is 4.74 Å². The maximum atomic E-state index is 5.71. The number of hydrogen-bond donors (Lipinski definition) is 0. The van der Waals surface area contributed by atoms with Gasteiger partial charge in [0.1, 0.15) is 0 Å². The standard InChI is InChI=1S/C12H18ClN3O/c1-17-9-10-4-6-16(7-5-10)8-11-2-3-12(13)15-14-11/h2-3,10H,4-9H2,1H3. The van der Waals surface area contributed by atoms with Crippen LogP contribution >= 0.6 is 11.6 Å². The predicted octanol–water partition coefficient (Wildman–Crippen LogP) is 1.99. The minimum atomic E-state index is 0.451. The lowest BCUT2D eigenvalue weighted by Crippen LogP contribution is -2.34. The van der Waals surface area contributed by atoms with Crippen molar-refractivity contribution in [1.29, 1.82) is 0 Å². The summed E-state index contributed by atoms with van der Waals surface area (Å²) in [4.78, 5) is 2.41. The topological polar surface area (TPSA) is 38.2 Å². The lowest BCUT2D eigenvalue weighted by molar-refractivity contribution is 0.0962. The van der Waals surface area contributed by atoms with Crippen LogP contribution in [0.4, 0.5) is 0 Å². The van der Waals surface area contributed by atoms with Crippen molar-refractivity contribution in [2.75, 3.05) is 26.8 Å². The number of methoxy groups -OCH3 is 1. The molecule has 5 heteroatoms. The average molecular weight is 256 g/mol. The van der Waals surface area contributed by atoms with Gasteiger partial charge in [0.25, 0.3) is 0 Å². The van der Waals surface area contributed by atoms with E-state index in [2.05, 4.69) is 15.1 Å². The van der Waals surface area contributed by atoms with Crippen LogP contribution in [0.15, 0.2) is 12.1 Å². The Morgan fingerprint density at radius 2 is 2.12 bits per heavy atom. The maximum absolute atomic E-state index is 5.71. The summed E-state index contributed by atoms with van der Waals surface area (Å²) in [6, 6.07) is 3.73. The molecule has 0 atom stereocenters. The highest BCUT2D eigenvalue weighted by Gasteiger charge is 2.19. The molecule has 1 aromatic rings. The van der Waals surface area contributed by atoms with Crippen molar-refractivity contribution in [1.82, 2.24) is 15.1 Å². The summed E-state index contributed by atoms with van der Waals surface area (Å²) in [5, 5.41) is 8.39. The van der Waals surface area contributed by atoms with Crippen LogP contribution < -0.4 is 0 Å². The molecule has 0 N–H and O–H groups in total. The summed E-state index contributed by atoms with van der Waals surface area (Å²) < 4.78 is 5.19. The van der Waals surface area contributed by atoms with Gasteiger partial charge in [0.15, 0.2) is 5.15 Å². The van der Waals surface area contributed by atoms with Gasteiger partial charge in [0.2, 0.25) is 0 Å². The molecule has 0 saturated carbocycles. The monoisotopic (exact) mass is 255 g/mol. The van der Waals surface area contributed by atoms with Gasteiger partial charge in [-0.2, -0.15) is 5.10 Å². The Kier molecular flexibility index (Phi) is 4.71. The van der Waals surface area contributed by atoms with Gasteiger partial charge in [-0.15, -0.1) is 5.10 Å².